The third kappa shape index (κ3) is 3.78. The SMILES string of the molecule is COc1cc(C(=O)O)cc(Cl)c1OCC(C)(C)N. The first kappa shape index (κ1) is 14.6. The van der Waals surface area contributed by atoms with Gasteiger partial charge in [-0.1, -0.05) is 11.6 Å². The predicted molar refractivity (Wildman–Crippen MR) is 68.7 cm³/mol. The molecule has 0 amide bonds. The van der Waals surface area contributed by atoms with Crippen LogP contribution in [0.3, 0.4) is 0 Å². The lowest BCUT2D eigenvalue weighted by Gasteiger charge is -2.21. The minimum absolute atomic E-state index is 0.0382. The van der Waals surface area contributed by atoms with E-state index in [9.17, 15) is 4.79 Å². The van der Waals surface area contributed by atoms with Crippen molar-refractivity contribution in [3.8, 4) is 11.5 Å². The molecule has 0 unspecified atom stereocenters. The number of rotatable bonds is 5. The number of hydrogen-bond donors (Lipinski definition) is 2. The zero-order chi connectivity index (χ0) is 13.9. The van der Waals surface area contributed by atoms with Gasteiger partial charge in [-0.05, 0) is 26.0 Å². The topological polar surface area (TPSA) is 81.8 Å². The Morgan fingerprint density at radius 2 is 2.11 bits per heavy atom. The molecule has 0 heterocycles. The van der Waals surface area contributed by atoms with E-state index in [0.29, 0.717) is 5.75 Å². The third-order valence-corrected chi connectivity index (χ3v) is 2.35. The van der Waals surface area contributed by atoms with Crippen molar-refractivity contribution in [3.63, 3.8) is 0 Å². The molecule has 0 bridgehead atoms. The standard InChI is InChI=1S/C12H16ClNO4/c1-12(2,14)6-18-10-8(13)4-7(11(15)16)5-9(10)17-3/h4-5H,6,14H2,1-3H3,(H,15,16). The van der Waals surface area contributed by atoms with Crippen LogP contribution < -0.4 is 15.2 Å². The molecule has 0 aliphatic carbocycles. The highest BCUT2D eigenvalue weighted by molar-refractivity contribution is 6.32. The molecule has 1 aromatic carbocycles. The van der Waals surface area contributed by atoms with Crippen LogP contribution in [0.15, 0.2) is 12.1 Å². The number of aromatic carboxylic acids is 1. The Kier molecular flexibility index (Phi) is 4.43. The van der Waals surface area contributed by atoms with Gasteiger partial charge < -0.3 is 20.3 Å². The van der Waals surface area contributed by atoms with Crippen molar-refractivity contribution in [3.05, 3.63) is 22.7 Å². The van der Waals surface area contributed by atoms with E-state index < -0.39 is 11.5 Å². The van der Waals surface area contributed by atoms with Gasteiger partial charge in [0.2, 0.25) is 0 Å². The molecule has 0 saturated carbocycles. The van der Waals surface area contributed by atoms with E-state index in [1.165, 1.54) is 19.2 Å². The minimum Gasteiger partial charge on any atom is -0.493 e. The number of carboxylic acid groups (broad SMARTS) is 1. The molecular formula is C12H16ClNO4. The summed E-state index contributed by atoms with van der Waals surface area (Å²) in [6.07, 6.45) is 0. The second-order valence-electron chi connectivity index (χ2n) is 4.57. The maximum atomic E-state index is 10.9. The summed E-state index contributed by atoms with van der Waals surface area (Å²) in [6, 6.07) is 2.67. The first-order valence-electron chi connectivity index (χ1n) is 5.27. The van der Waals surface area contributed by atoms with Gasteiger partial charge in [0.25, 0.3) is 0 Å². The number of methoxy groups -OCH3 is 1. The fourth-order valence-electron chi connectivity index (χ4n) is 1.24. The number of carboxylic acids is 1. The van der Waals surface area contributed by atoms with E-state index in [-0.39, 0.29) is 22.9 Å². The van der Waals surface area contributed by atoms with Gasteiger partial charge in [-0.15, -0.1) is 0 Å². The highest BCUT2D eigenvalue weighted by atomic mass is 35.5. The van der Waals surface area contributed by atoms with Crippen LogP contribution in [-0.4, -0.2) is 30.3 Å². The molecule has 1 rings (SSSR count). The summed E-state index contributed by atoms with van der Waals surface area (Å²) in [5.41, 5.74) is 5.31. The Labute approximate surface area is 110 Å². The first-order valence-corrected chi connectivity index (χ1v) is 5.65. The summed E-state index contributed by atoms with van der Waals surface area (Å²) in [4.78, 5) is 10.9. The van der Waals surface area contributed by atoms with Crippen molar-refractivity contribution >= 4 is 17.6 Å². The second kappa shape index (κ2) is 5.46. The molecule has 5 nitrogen and oxygen atoms in total. The van der Waals surface area contributed by atoms with Crippen LogP contribution in [0, 0.1) is 0 Å². The van der Waals surface area contributed by atoms with Crippen LogP contribution in [0.2, 0.25) is 5.02 Å². The van der Waals surface area contributed by atoms with E-state index in [2.05, 4.69) is 0 Å². The quantitative estimate of drug-likeness (QED) is 0.859. The summed E-state index contributed by atoms with van der Waals surface area (Å²) >= 11 is 5.98. The maximum absolute atomic E-state index is 10.9. The summed E-state index contributed by atoms with van der Waals surface area (Å²) in [6.45, 7) is 3.84. The Morgan fingerprint density at radius 3 is 2.56 bits per heavy atom. The lowest BCUT2D eigenvalue weighted by atomic mass is 10.1. The summed E-state index contributed by atoms with van der Waals surface area (Å²) in [7, 11) is 1.41. The minimum atomic E-state index is -1.08. The van der Waals surface area contributed by atoms with Crippen molar-refractivity contribution in [2.24, 2.45) is 5.73 Å². The lowest BCUT2D eigenvalue weighted by Crippen LogP contribution is -2.38. The smallest absolute Gasteiger partial charge is 0.335 e. The molecule has 0 saturated heterocycles. The zero-order valence-corrected chi connectivity index (χ0v) is 11.2. The van der Waals surface area contributed by atoms with E-state index in [0.717, 1.165) is 0 Å². The average molecular weight is 274 g/mol. The van der Waals surface area contributed by atoms with Crippen LogP contribution in [0.25, 0.3) is 0 Å². The number of carbonyl (C=O) groups is 1. The van der Waals surface area contributed by atoms with Gasteiger partial charge in [0.1, 0.15) is 6.61 Å². The largest absolute Gasteiger partial charge is 0.493 e. The lowest BCUT2D eigenvalue weighted by molar-refractivity contribution is 0.0696. The van der Waals surface area contributed by atoms with E-state index in [1.807, 2.05) is 0 Å². The van der Waals surface area contributed by atoms with E-state index in [1.54, 1.807) is 13.8 Å². The fourth-order valence-corrected chi connectivity index (χ4v) is 1.51. The Hall–Kier alpha value is -1.46. The highest BCUT2D eigenvalue weighted by Crippen LogP contribution is 2.36. The van der Waals surface area contributed by atoms with Crippen LogP contribution in [0.5, 0.6) is 11.5 Å². The molecule has 0 aromatic heterocycles. The Balaban J connectivity index is 3.08. The number of halogens is 1. The van der Waals surface area contributed by atoms with Crippen LogP contribution >= 0.6 is 11.6 Å². The molecular weight excluding hydrogens is 258 g/mol. The van der Waals surface area contributed by atoms with Gasteiger partial charge in [0.15, 0.2) is 11.5 Å². The number of ether oxygens (including phenoxy) is 2. The molecule has 18 heavy (non-hydrogen) atoms. The van der Waals surface area contributed by atoms with Gasteiger partial charge in [-0.3, -0.25) is 0 Å². The second-order valence-corrected chi connectivity index (χ2v) is 4.98. The van der Waals surface area contributed by atoms with Crippen molar-refractivity contribution < 1.29 is 19.4 Å². The van der Waals surface area contributed by atoms with Crippen molar-refractivity contribution in [2.75, 3.05) is 13.7 Å². The van der Waals surface area contributed by atoms with Gasteiger partial charge in [0, 0.05) is 5.54 Å². The summed E-state index contributed by atoms with van der Waals surface area (Å²) < 4.78 is 10.6. The van der Waals surface area contributed by atoms with E-state index >= 15 is 0 Å². The number of nitrogens with two attached hydrogens (primary N) is 1. The third-order valence-electron chi connectivity index (χ3n) is 2.06. The average Bonchev–Trinajstić information content (AvgIpc) is 2.24. The van der Waals surface area contributed by atoms with Gasteiger partial charge in [0.05, 0.1) is 17.7 Å². The monoisotopic (exact) mass is 273 g/mol. The van der Waals surface area contributed by atoms with Gasteiger partial charge in [-0.2, -0.15) is 0 Å². The summed E-state index contributed by atoms with van der Waals surface area (Å²) in [5.74, 6) is -0.521. The molecule has 100 valence electrons. The molecule has 0 aliphatic heterocycles. The fraction of sp³-hybridized carbons (Fsp3) is 0.417. The molecule has 0 spiro atoms. The van der Waals surface area contributed by atoms with Gasteiger partial charge in [-0.25, -0.2) is 4.79 Å². The summed E-state index contributed by atoms with van der Waals surface area (Å²) in [5, 5.41) is 9.08. The van der Waals surface area contributed by atoms with Crippen LogP contribution in [-0.2, 0) is 0 Å². The van der Waals surface area contributed by atoms with Crippen molar-refractivity contribution in [1.29, 1.82) is 0 Å². The Bertz CT molecular complexity index is 454. The molecule has 0 atom stereocenters. The molecule has 0 aliphatic rings. The normalized spacial score (nSPS) is 11.2. The molecule has 6 heteroatoms. The number of benzene rings is 1. The maximum Gasteiger partial charge on any atom is 0.335 e. The van der Waals surface area contributed by atoms with Crippen LogP contribution in [0.4, 0.5) is 0 Å². The predicted octanol–water partition coefficient (Wildman–Crippen LogP) is 2.16. The molecule has 1 aromatic rings. The number of hydrogen-bond acceptors (Lipinski definition) is 4. The first-order chi connectivity index (χ1) is 8.24. The highest BCUT2D eigenvalue weighted by Gasteiger charge is 2.18. The molecule has 3 N–H and O–H groups in total. The Morgan fingerprint density at radius 1 is 1.50 bits per heavy atom. The molecule has 0 fully saturated rings. The van der Waals surface area contributed by atoms with Crippen LogP contribution in [0.1, 0.15) is 24.2 Å². The van der Waals surface area contributed by atoms with E-state index in [4.69, 9.17) is 31.9 Å². The molecule has 0 radical (unpaired) electrons. The van der Waals surface area contributed by atoms with Crippen molar-refractivity contribution in [2.45, 2.75) is 19.4 Å². The zero-order valence-electron chi connectivity index (χ0n) is 10.5. The van der Waals surface area contributed by atoms with Crippen molar-refractivity contribution in [1.82, 2.24) is 0 Å². The van der Waals surface area contributed by atoms with Gasteiger partial charge >= 0.3 is 5.97 Å².